The number of benzene rings is 1. The molecule has 0 aliphatic heterocycles. The van der Waals surface area contributed by atoms with Crippen molar-refractivity contribution >= 4 is 23.2 Å². The monoisotopic (exact) mass is 282 g/mol. The van der Waals surface area contributed by atoms with Gasteiger partial charge in [-0.15, -0.1) is 0 Å². The molecule has 0 radical (unpaired) electrons. The van der Waals surface area contributed by atoms with Crippen LogP contribution in [0, 0.1) is 6.92 Å². The van der Waals surface area contributed by atoms with Gasteiger partial charge in [-0.1, -0.05) is 12.1 Å². The number of aryl methyl sites for hydroxylation is 1. The van der Waals surface area contributed by atoms with Crippen molar-refractivity contribution in [2.45, 2.75) is 32.7 Å². The van der Waals surface area contributed by atoms with Crippen LogP contribution in [0.25, 0.3) is 0 Å². The third-order valence-electron chi connectivity index (χ3n) is 3.31. The number of carbonyl (C=O) groups excluding carboxylic acids is 1. The summed E-state index contributed by atoms with van der Waals surface area (Å²) in [5.41, 5.74) is 2.38. The Bertz CT molecular complexity index is 680. The van der Waals surface area contributed by atoms with E-state index in [0.29, 0.717) is 17.6 Å². The van der Waals surface area contributed by atoms with E-state index in [-0.39, 0.29) is 5.78 Å². The fraction of sp³-hybridized carbons (Fsp3) is 0.312. The molecular formula is C16H18N4O. The minimum Gasteiger partial charge on any atom is -0.367 e. The molecule has 0 atom stereocenters. The third-order valence-corrected chi connectivity index (χ3v) is 3.31. The predicted molar refractivity (Wildman–Crippen MR) is 83.1 cm³/mol. The number of aromatic nitrogens is 2. The molecule has 1 fully saturated rings. The molecule has 1 aromatic heterocycles. The molecule has 0 spiro atoms. The van der Waals surface area contributed by atoms with Gasteiger partial charge < -0.3 is 10.6 Å². The first-order valence-electron chi connectivity index (χ1n) is 7.10. The Balaban J connectivity index is 1.81. The van der Waals surface area contributed by atoms with Crippen molar-refractivity contribution in [2.24, 2.45) is 0 Å². The molecule has 2 N–H and O–H groups in total. The van der Waals surface area contributed by atoms with Crippen LogP contribution in [-0.2, 0) is 0 Å². The minimum atomic E-state index is 0.0416. The lowest BCUT2D eigenvalue weighted by Gasteiger charge is -2.10. The lowest BCUT2D eigenvalue weighted by atomic mass is 10.1. The summed E-state index contributed by atoms with van der Waals surface area (Å²) in [6.07, 6.45) is 2.40. The first-order valence-corrected chi connectivity index (χ1v) is 7.10. The summed E-state index contributed by atoms with van der Waals surface area (Å²) < 4.78 is 0. The molecular weight excluding hydrogens is 264 g/mol. The first-order chi connectivity index (χ1) is 10.1. The molecule has 1 saturated carbocycles. The van der Waals surface area contributed by atoms with Gasteiger partial charge in [0.25, 0.3) is 0 Å². The standard InChI is InChI=1S/C16H18N4O/c1-10-8-15(18-13-6-7-13)20-16(17-10)19-14-5-3-4-12(9-14)11(2)21/h3-5,8-9,13H,6-7H2,1-2H3,(H2,17,18,19,20). The number of carbonyl (C=O) groups is 1. The zero-order valence-electron chi connectivity index (χ0n) is 12.2. The highest BCUT2D eigenvalue weighted by molar-refractivity contribution is 5.95. The van der Waals surface area contributed by atoms with Crippen LogP contribution >= 0.6 is 0 Å². The third kappa shape index (κ3) is 3.56. The normalized spacial score (nSPS) is 13.8. The van der Waals surface area contributed by atoms with Crippen molar-refractivity contribution in [3.8, 4) is 0 Å². The number of hydrogen-bond acceptors (Lipinski definition) is 5. The van der Waals surface area contributed by atoms with Crippen LogP contribution in [0.2, 0.25) is 0 Å². The second-order valence-corrected chi connectivity index (χ2v) is 5.40. The van der Waals surface area contributed by atoms with Crippen molar-refractivity contribution in [3.05, 3.63) is 41.6 Å². The van der Waals surface area contributed by atoms with Crippen molar-refractivity contribution in [2.75, 3.05) is 10.6 Å². The summed E-state index contributed by atoms with van der Waals surface area (Å²) in [6.45, 7) is 3.50. The largest absolute Gasteiger partial charge is 0.367 e. The maximum absolute atomic E-state index is 11.4. The molecule has 1 heterocycles. The summed E-state index contributed by atoms with van der Waals surface area (Å²) in [6, 6.07) is 9.83. The molecule has 5 heteroatoms. The van der Waals surface area contributed by atoms with E-state index in [1.54, 1.807) is 13.0 Å². The highest BCUT2D eigenvalue weighted by Gasteiger charge is 2.21. The Kier molecular flexibility index (Phi) is 3.56. The molecule has 0 bridgehead atoms. The molecule has 0 saturated heterocycles. The Labute approximate surface area is 123 Å². The van der Waals surface area contributed by atoms with Crippen LogP contribution in [0.1, 0.15) is 35.8 Å². The van der Waals surface area contributed by atoms with E-state index in [1.165, 1.54) is 12.8 Å². The number of hydrogen-bond donors (Lipinski definition) is 2. The molecule has 21 heavy (non-hydrogen) atoms. The zero-order valence-corrected chi connectivity index (χ0v) is 12.2. The van der Waals surface area contributed by atoms with Gasteiger partial charge in [0.05, 0.1) is 0 Å². The molecule has 0 amide bonds. The van der Waals surface area contributed by atoms with Gasteiger partial charge in [0.1, 0.15) is 5.82 Å². The highest BCUT2D eigenvalue weighted by atomic mass is 16.1. The summed E-state index contributed by atoms with van der Waals surface area (Å²) in [5, 5.41) is 6.53. The Hall–Kier alpha value is -2.43. The first kappa shape index (κ1) is 13.5. The van der Waals surface area contributed by atoms with Crippen molar-refractivity contribution in [1.82, 2.24) is 9.97 Å². The van der Waals surface area contributed by atoms with Gasteiger partial charge in [-0.05, 0) is 38.8 Å². The zero-order chi connectivity index (χ0) is 14.8. The second-order valence-electron chi connectivity index (χ2n) is 5.40. The molecule has 2 aromatic rings. The van der Waals surface area contributed by atoms with Crippen LogP contribution < -0.4 is 10.6 Å². The van der Waals surface area contributed by atoms with E-state index in [9.17, 15) is 4.79 Å². The van der Waals surface area contributed by atoms with Crippen LogP contribution in [0.3, 0.4) is 0 Å². The van der Waals surface area contributed by atoms with E-state index in [2.05, 4.69) is 20.6 Å². The molecule has 1 aromatic carbocycles. The van der Waals surface area contributed by atoms with Crippen LogP contribution in [0.15, 0.2) is 30.3 Å². The van der Waals surface area contributed by atoms with E-state index >= 15 is 0 Å². The Morgan fingerprint density at radius 3 is 2.76 bits per heavy atom. The summed E-state index contributed by atoms with van der Waals surface area (Å²) in [5.74, 6) is 1.42. The maximum atomic E-state index is 11.4. The lowest BCUT2D eigenvalue weighted by molar-refractivity contribution is 0.101. The maximum Gasteiger partial charge on any atom is 0.229 e. The molecule has 1 aliphatic rings. The van der Waals surface area contributed by atoms with Crippen LogP contribution in [-0.4, -0.2) is 21.8 Å². The molecule has 108 valence electrons. The van der Waals surface area contributed by atoms with Gasteiger partial charge in [-0.2, -0.15) is 4.98 Å². The van der Waals surface area contributed by atoms with Gasteiger partial charge in [0, 0.05) is 29.1 Å². The molecule has 1 aliphatic carbocycles. The average Bonchev–Trinajstić information content (AvgIpc) is 3.22. The van der Waals surface area contributed by atoms with E-state index in [1.807, 2.05) is 31.2 Å². The molecule has 0 unspecified atom stereocenters. The van der Waals surface area contributed by atoms with Gasteiger partial charge in [-0.25, -0.2) is 4.98 Å². The lowest BCUT2D eigenvalue weighted by Crippen LogP contribution is -2.07. The van der Waals surface area contributed by atoms with E-state index < -0.39 is 0 Å². The van der Waals surface area contributed by atoms with Gasteiger partial charge >= 0.3 is 0 Å². The summed E-state index contributed by atoms with van der Waals surface area (Å²) >= 11 is 0. The smallest absolute Gasteiger partial charge is 0.229 e. The SMILES string of the molecule is CC(=O)c1cccc(Nc2nc(C)cc(NC3CC3)n2)c1. The highest BCUT2D eigenvalue weighted by Crippen LogP contribution is 2.25. The average molecular weight is 282 g/mol. The van der Waals surface area contributed by atoms with Gasteiger partial charge in [-0.3, -0.25) is 4.79 Å². The minimum absolute atomic E-state index is 0.0416. The van der Waals surface area contributed by atoms with Crippen LogP contribution in [0.5, 0.6) is 0 Å². The predicted octanol–water partition coefficient (Wildman–Crippen LogP) is 3.31. The van der Waals surface area contributed by atoms with E-state index in [4.69, 9.17) is 0 Å². The van der Waals surface area contributed by atoms with Crippen molar-refractivity contribution < 1.29 is 4.79 Å². The van der Waals surface area contributed by atoms with Crippen LogP contribution in [0.4, 0.5) is 17.5 Å². The summed E-state index contributed by atoms with van der Waals surface area (Å²) in [7, 11) is 0. The number of anilines is 3. The topological polar surface area (TPSA) is 66.9 Å². The Morgan fingerprint density at radius 1 is 1.24 bits per heavy atom. The van der Waals surface area contributed by atoms with Crippen molar-refractivity contribution in [3.63, 3.8) is 0 Å². The van der Waals surface area contributed by atoms with E-state index in [0.717, 1.165) is 17.2 Å². The fourth-order valence-corrected chi connectivity index (χ4v) is 2.08. The summed E-state index contributed by atoms with van der Waals surface area (Å²) in [4.78, 5) is 20.3. The van der Waals surface area contributed by atoms with Crippen molar-refractivity contribution in [1.29, 1.82) is 0 Å². The van der Waals surface area contributed by atoms with Gasteiger partial charge in [0.15, 0.2) is 5.78 Å². The quantitative estimate of drug-likeness (QED) is 0.824. The number of nitrogens with zero attached hydrogens (tertiary/aromatic N) is 2. The molecule has 5 nitrogen and oxygen atoms in total. The van der Waals surface area contributed by atoms with Gasteiger partial charge in [0.2, 0.25) is 5.95 Å². The number of rotatable bonds is 5. The second kappa shape index (κ2) is 5.52. The number of Topliss-reactive ketones (excluding diaryl/α,β-unsaturated/α-hetero) is 1. The Morgan fingerprint density at radius 2 is 2.05 bits per heavy atom. The fourth-order valence-electron chi connectivity index (χ4n) is 2.08. The number of ketones is 1. The number of nitrogens with one attached hydrogen (secondary N) is 2. The molecule has 3 rings (SSSR count).